The third kappa shape index (κ3) is 7.31. The van der Waals surface area contributed by atoms with Gasteiger partial charge in [0.2, 0.25) is 5.91 Å². The van der Waals surface area contributed by atoms with Gasteiger partial charge in [-0.1, -0.05) is 71.1 Å². The van der Waals surface area contributed by atoms with E-state index in [1.54, 1.807) is 19.1 Å². The van der Waals surface area contributed by atoms with E-state index in [2.05, 4.69) is 10.6 Å². The number of carbonyl (C=O) groups excluding carboxylic acids is 2. The van der Waals surface area contributed by atoms with Crippen LogP contribution in [0.4, 0.5) is 0 Å². The van der Waals surface area contributed by atoms with E-state index in [0.717, 1.165) is 18.2 Å². The van der Waals surface area contributed by atoms with Crippen molar-refractivity contribution in [3.63, 3.8) is 0 Å². The van der Waals surface area contributed by atoms with Crippen LogP contribution in [-0.2, 0) is 4.79 Å². The minimum atomic E-state index is -1.02. The number of furan rings is 1. The molecule has 1 aromatic heterocycles. The largest absolute Gasteiger partial charge is 0.451 e. The molecule has 188 valence electrons. The first-order valence-corrected chi connectivity index (χ1v) is 12.7. The van der Waals surface area contributed by atoms with Crippen molar-refractivity contribution in [3.05, 3.63) is 36.1 Å². The van der Waals surface area contributed by atoms with E-state index in [1.807, 2.05) is 32.0 Å². The summed E-state index contributed by atoms with van der Waals surface area (Å²) in [5, 5.41) is 28.0. The maximum atomic E-state index is 13.0. The van der Waals surface area contributed by atoms with Crippen molar-refractivity contribution in [1.82, 2.24) is 10.6 Å². The van der Waals surface area contributed by atoms with Crippen LogP contribution < -0.4 is 10.6 Å². The average molecular weight is 473 g/mol. The second-order valence-electron chi connectivity index (χ2n) is 10.3. The number of fused-ring (bicyclic) bond motifs is 1. The summed E-state index contributed by atoms with van der Waals surface area (Å²) < 4.78 is 5.59. The van der Waals surface area contributed by atoms with Gasteiger partial charge in [0, 0.05) is 11.9 Å². The van der Waals surface area contributed by atoms with Gasteiger partial charge in [-0.15, -0.1) is 0 Å². The molecule has 1 unspecified atom stereocenters. The van der Waals surface area contributed by atoms with Crippen molar-refractivity contribution in [2.75, 3.05) is 6.54 Å². The van der Waals surface area contributed by atoms with Crippen LogP contribution in [0, 0.1) is 17.8 Å². The summed E-state index contributed by atoms with van der Waals surface area (Å²) in [5.41, 5.74) is 0.637. The first kappa shape index (κ1) is 26.2. The highest BCUT2D eigenvalue weighted by Gasteiger charge is 2.32. The summed E-state index contributed by atoms with van der Waals surface area (Å²) in [6, 6.07) is 8.56. The molecule has 1 aromatic carbocycles. The number of para-hydroxylation sites is 1. The minimum absolute atomic E-state index is 0.141. The molecule has 0 radical (unpaired) electrons. The lowest BCUT2D eigenvalue weighted by Gasteiger charge is -2.33. The summed E-state index contributed by atoms with van der Waals surface area (Å²) in [5.74, 6) is -0.248. The summed E-state index contributed by atoms with van der Waals surface area (Å²) in [4.78, 5) is 25.5. The Balaban J connectivity index is 1.57. The van der Waals surface area contributed by atoms with Crippen molar-refractivity contribution >= 4 is 22.8 Å². The molecule has 7 heteroatoms. The molecule has 0 aliphatic heterocycles. The molecular formula is C27H40N2O5. The van der Waals surface area contributed by atoms with Crippen LogP contribution in [0.3, 0.4) is 0 Å². The lowest BCUT2D eigenvalue weighted by atomic mass is 9.82. The molecule has 4 atom stereocenters. The summed E-state index contributed by atoms with van der Waals surface area (Å²) >= 11 is 0. The molecule has 1 saturated carbocycles. The van der Waals surface area contributed by atoms with Crippen LogP contribution >= 0.6 is 0 Å². The number of rotatable bonds is 11. The highest BCUT2D eigenvalue weighted by Crippen LogP contribution is 2.29. The van der Waals surface area contributed by atoms with Crippen molar-refractivity contribution in [2.24, 2.45) is 17.8 Å². The Hall–Kier alpha value is -2.38. The molecule has 2 aromatic rings. The summed E-state index contributed by atoms with van der Waals surface area (Å²) in [7, 11) is 0. The number of amides is 2. The van der Waals surface area contributed by atoms with E-state index < -0.39 is 24.2 Å². The van der Waals surface area contributed by atoms with E-state index in [1.165, 1.54) is 19.3 Å². The number of hydrogen-bond acceptors (Lipinski definition) is 5. The second-order valence-corrected chi connectivity index (χ2v) is 10.3. The van der Waals surface area contributed by atoms with Gasteiger partial charge >= 0.3 is 0 Å². The Morgan fingerprint density at radius 3 is 2.47 bits per heavy atom. The zero-order chi connectivity index (χ0) is 24.7. The monoisotopic (exact) mass is 472 g/mol. The van der Waals surface area contributed by atoms with Crippen LogP contribution in [0.5, 0.6) is 0 Å². The fourth-order valence-electron chi connectivity index (χ4n) is 4.80. The van der Waals surface area contributed by atoms with E-state index >= 15 is 0 Å². The molecule has 1 heterocycles. The average Bonchev–Trinajstić information content (AvgIpc) is 3.26. The molecule has 0 bridgehead atoms. The van der Waals surface area contributed by atoms with Crippen molar-refractivity contribution in [3.8, 4) is 0 Å². The van der Waals surface area contributed by atoms with Gasteiger partial charge in [-0.25, -0.2) is 0 Å². The van der Waals surface area contributed by atoms with Gasteiger partial charge in [-0.3, -0.25) is 9.59 Å². The quantitative estimate of drug-likeness (QED) is 0.395. The van der Waals surface area contributed by atoms with Gasteiger partial charge in [0.25, 0.3) is 5.91 Å². The van der Waals surface area contributed by atoms with Gasteiger partial charge in [0.15, 0.2) is 5.76 Å². The molecule has 34 heavy (non-hydrogen) atoms. The predicted octanol–water partition coefficient (Wildman–Crippen LogP) is 4.02. The number of carbonyl (C=O) groups is 2. The Bertz CT molecular complexity index is 901. The van der Waals surface area contributed by atoms with Crippen LogP contribution in [-0.4, -0.2) is 46.8 Å². The van der Waals surface area contributed by atoms with Crippen molar-refractivity contribution in [2.45, 2.75) is 84.0 Å². The van der Waals surface area contributed by atoms with Crippen LogP contribution in [0.25, 0.3) is 11.0 Å². The van der Waals surface area contributed by atoms with Gasteiger partial charge in [-0.05, 0) is 36.8 Å². The third-order valence-electron chi connectivity index (χ3n) is 6.82. The minimum Gasteiger partial charge on any atom is -0.451 e. The molecular weight excluding hydrogens is 432 g/mol. The SMILES string of the molecule is CC(C)C[C@H](O)C(O)[C@H](CC1CCCCC1)NC(=O)[C@@H](C)CNC(=O)c1cc2ccccc2o1. The van der Waals surface area contributed by atoms with Crippen LogP contribution in [0.15, 0.2) is 34.7 Å². The zero-order valence-electron chi connectivity index (χ0n) is 20.6. The van der Waals surface area contributed by atoms with Crippen LogP contribution in [0.1, 0.15) is 76.3 Å². The summed E-state index contributed by atoms with van der Waals surface area (Å²) in [6.07, 6.45) is 4.95. The second kappa shape index (κ2) is 12.4. The normalized spacial score (nSPS) is 18.4. The van der Waals surface area contributed by atoms with E-state index in [9.17, 15) is 19.8 Å². The van der Waals surface area contributed by atoms with E-state index in [-0.39, 0.29) is 30.0 Å². The van der Waals surface area contributed by atoms with Gasteiger partial charge in [0.05, 0.1) is 18.1 Å². The molecule has 1 fully saturated rings. The zero-order valence-corrected chi connectivity index (χ0v) is 20.6. The topological polar surface area (TPSA) is 112 Å². The number of aliphatic hydroxyl groups excluding tert-OH is 2. The van der Waals surface area contributed by atoms with Gasteiger partial charge in [-0.2, -0.15) is 0 Å². The molecule has 0 spiro atoms. The molecule has 7 nitrogen and oxygen atoms in total. The number of benzene rings is 1. The highest BCUT2D eigenvalue weighted by atomic mass is 16.3. The van der Waals surface area contributed by atoms with E-state index in [4.69, 9.17) is 4.42 Å². The fourth-order valence-corrected chi connectivity index (χ4v) is 4.80. The lowest BCUT2D eigenvalue weighted by molar-refractivity contribution is -0.127. The van der Waals surface area contributed by atoms with Crippen molar-refractivity contribution in [1.29, 1.82) is 0 Å². The Kier molecular flexibility index (Phi) is 9.54. The maximum Gasteiger partial charge on any atom is 0.287 e. The molecule has 3 rings (SSSR count). The third-order valence-corrected chi connectivity index (χ3v) is 6.82. The molecule has 0 saturated heterocycles. The summed E-state index contributed by atoms with van der Waals surface area (Å²) in [6.45, 7) is 5.88. The van der Waals surface area contributed by atoms with E-state index in [0.29, 0.717) is 24.3 Å². The standard InChI is InChI=1S/C27H40N2O5/c1-17(2)13-22(30)25(31)21(14-19-9-5-4-6-10-19)29-26(32)18(3)16-28-27(33)24-15-20-11-7-8-12-23(20)34-24/h7-8,11-12,15,17-19,21-22,25,30-31H,4-6,9-10,13-14,16H2,1-3H3,(H,28,33)(H,29,32)/t18-,21-,22-,25?/m0/s1. The van der Waals surface area contributed by atoms with Crippen molar-refractivity contribution < 1.29 is 24.2 Å². The molecule has 2 amide bonds. The number of aliphatic hydroxyl groups is 2. The molecule has 4 N–H and O–H groups in total. The van der Waals surface area contributed by atoms with Crippen LogP contribution in [0.2, 0.25) is 0 Å². The maximum absolute atomic E-state index is 13.0. The number of nitrogens with one attached hydrogen (secondary N) is 2. The fraction of sp³-hybridized carbons (Fsp3) is 0.630. The Labute approximate surface area is 202 Å². The molecule has 1 aliphatic carbocycles. The molecule has 1 aliphatic rings. The highest BCUT2D eigenvalue weighted by molar-refractivity contribution is 5.96. The first-order valence-electron chi connectivity index (χ1n) is 12.7. The van der Waals surface area contributed by atoms with Gasteiger partial charge < -0.3 is 25.3 Å². The predicted molar refractivity (Wildman–Crippen MR) is 132 cm³/mol. The lowest BCUT2D eigenvalue weighted by Crippen LogP contribution is -2.52. The number of hydrogen-bond donors (Lipinski definition) is 4. The smallest absolute Gasteiger partial charge is 0.287 e. The Morgan fingerprint density at radius 1 is 1.09 bits per heavy atom. The van der Waals surface area contributed by atoms with Gasteiger partial charge in [0.1, 0.15) is 11.7 Å². The Morgan fingerprint density at radius 2 is 1.79 bits per heavy atom. The first-order chi connectivity index (χ1) is 16.2.